The van der Waals surface area contributed by atoms with E-state index in [1.54, 1.807) is 0 Å². The summed E-state index contributed by atoms with van der Waals surface area (Å²) in [7, 11) is 0. The third kappa shape index (κ3) is 3.03. The standard InChI is InChI=1S/C14H21BrN2S/c1-10-6-12(15)8-13(7-10)17-14(9-16)4-3-5-18-11(14)2/h6-8,11,17H,3-5,9,16H2,1-2H3. The molecule has 2 nitrogen and oxygen atoms in total. The van der Waals surface area contributed by atoms with Gasteiger partial charge < -0.3 is 11.1 Å². The van der Waals surface area contributed by atoms with Crippen molar-refractivity contribution < 1.29 is 0 Å². The molecule has 0 aliphatic carbocycles. The van der Waals surface area contributed by atoms with Gasteiger partial charge in [-0.25, -0.2) is 0 Å². The topological polar surface area (TPSA) is 38.0 Å². The Kier molecular flexibility index (Phi) is 4.62. The number of hydrogen-bond acceptors (Lipinski definition) is 3. The molecule has 3 N–H and O–H groups in total. The van der Waals surface area contributed by atoms with Crippen molar-refractivity contribution in [3.8, 4) is 0 Å². The first kappa shape index (κ1) is 14.2. The monoisotopic (exact) mass is 328 g/mol. The molecule has 18 heavy (non-hydrogen) atoms. The van der Waals surface area contributed by atoms with Gasteiger partial charge in [-0.1, -0.05) is 22.9 Å². The number of benzene rings is 1. The van der Waals surface area contributed by atoms with E-state index < -0.39 is 0 Å². The zero-order valence-electron chi connectivity index (χ0n) is 11.0. The van der Waals surface area contributed by atoms with Crippen LogP contribution in [0.15, 0.2) is 22.7 Å². The molecule has 0 spiro atoms. The minimum Gasteiger partial charge on any atom is -0.377 e. The van der Waals surface area contributed by atoms with E-state index in [1.807, 2.05) is 11.8 Å². The van der Waals surface area contributed by atoms with Gasteiger partial charge in [0.05, 0.1) is 5.54 Å². The van der Waals surface area contributed by atoms with Crippen molar-refractivity contribution in [2.24, 2.45) is 5.73 Å². The number of nitrogens with one attached hydrogen (secondary N) is 1. The van der Waals surface area contributed by atoms with Crippen molar-refractivity contribution in [3.63, 3.8) is 0 Å². The second kappa shape index (κ2) is 5.85. The first-order chi connectivity index (χ1) is 8.55. The van der Waals surface area contributed by atoms with Gasteiger partial charge in [0.25, 0.3) is 0 Å². The van der Waals surface area contributed by atoms with Crippen molar-refractivity contribution in [2.75, 3.05) is 17.6 Å². The Morgan fingerprint density at radius 2 is 2.28 bits per heavy atom. The van der Waals surface area contributed by atoms with E-state index in [-0.39, 0.29) is 5.54 Å². The lowest BCUT2D eigenvalue weighted by molar-refractivity contribution is 0.422. The molecule has 0 amide bonds. The Morgan fingerprint density at radius 3 is 2.89 bits per heavy atom. The number of nitrogens with two attached hydrogens (primary N) is 1. The molecule has 0 saturated carbocycles. The average molecular weight is 329 g/mol. The highest BCUT2D eigenvalue weighted by atomic mass is 79.9. The molecule has 2 rings (SSSR count). The Bertz CT molecular complexity index is 404. The van der Waals surface area contributed by atoms with Gasteiger partial charge in [0, 0.05) is 22.0 Å². The summed E-state index contributed by atoms with van der Waals surface area (Å²) in [5.41, 5.74) is 8.53. The van der Waals surface area contributed by atoms with Crippen molar-refractivity contribution in [2.45, 2.75) is 37.5 Å². The van der Waals surface area contributed by atoms with E-state index in [9.17, 15) is 0 Å². The van der Waals surface area contributed by atoms with E-state index in [2.05, 4.69) is 53.3 Å². The molecule has 0 radical (unpaired) electrons. The van der Waals surface area contributed by atoms with Crippen molar-refractivity contribution in [1.82, 2.24) is 0 Å². The van der Waals surface area contributed by atoms with Crippen LogP contribution in [0.5, 0.6) is 0 Å². The fourth-order valence-corrected chi connectivity index (χ4v) is 4.45. The molecule has 2 atom stereocenters. The van der Waals surface area contributed by atoms with Crippen LogP contribution in [-0.4, -0.2) is 23.1 Å². The van der Waals surface area contributed by atoms with Crippen LogP contribution in [0.3, 0.4) is 0 Å². The molecule has 4 heteroatoms. The number of thioether (sulfide) groups is 1. The maximum Gasteiger partial charge on any atom is 0.0611 e. The number of rotatable bonds is 3. The van der Waals surface area contributed by atoms with E-state index in [0.717, 1.165) is 10.9 Å². The zero-order chi connectivity index (χ0) is 13.2. The van der Waals surface area contributed by atoms with Crippen molar-refractivity contribution in [3.05, 3.63) is 28.2 Å². The summed E-state index contributed by atoms with van der Waals surface area (Å²) in [6.45, 7) is 5.09. The Morgan fingerprint density at radius 1 is 1.50 bits per heavy atom. The molecule has 0 aromatic heterocycles. The van der Waals surface area contributed by atoms with E-state index in [0.29, 0.717) is 11.8 Å². The highest BCUT2D eigenvalue weighted by molar-refractivity contribution is 9.10. The fraction of sp³-hybridized carbons (Fsp3) is 0.571. The Hall–Kier alpha value is -0.190. The lowest BCUT2D eigenvalue weighted by Gasteiger charge is -2.43. The minimum atomic E-state index is 0.0378. The van der Waals surface area contributed by atoms with Crippen LogP contribution in [0.4, 0.5) is 5.69 Å². The lowest BCUT2D eigenvalue weighted by atomic mass is 9.89. The Labute approximate surface area is 122 Å². The lowest BCUT2D eigenvalue weighted by Crippen LogP contribution is -2.54. The second-order valence-corrected chi connectivity index (χ2v) is 7.48. The Balaban J connectivity index is 2.23. The van der Waals surface area contributed by atoms with Crippen LogP contribution in [-0.2, 0) is 0 Å². The van der Waals surface area contributed by atoms with Crippen molar-refractivity contribution >= 4 is 33.4 Å². The fourth-order valence-electron chi connectivity index (χ4n) is 2.59. The highest BCUT2D eigenvalue weighted by Crippen LogP contribution is 2.36. The van der Waals surface area contributed by atoms with Gasteiger partial charge in [0.1, 0.15) is 0 Å². The predicted octanol–water partition coefficient (Wildman–Crippen LogP) is 3.78. The van der Waals surface area contributed by atoms with Crippen LogP contribution in [0.2, 0.25) is 0 Å². The van der Waals surface area contributed by atoms with Crippen molar-refractivity contribution in [1.29, 1.82) is 0 Å². The summed E-state index contributed by atoms with van der Waals surface area (Å²) in [6.07, 6.45) is 2.40. The van der Waals surface area contributed by atoms with Gasteiger partial charge in [0.2, 0.25) is 0 Å². The largest absolute Gasteiger partial charge is 0.377 e. The maximum absolute atomic E-state index is 6.07. The molecule has 1 aromatic carbocycles. The first-order valence-corrected chi connectivity index (χ1v) is 8.27. The van der Waals surface area contributed by atoms with Crippen LogP contribution < -0.4 is 11.1 Å². The number of anilines is 1. The molecule has 100 valence electrons. The number of aryl methyl sites for hydroxylation is 1. The van der Waals surface area contributed by atoms with Crippen LogP contribution in [0.25, 0.3) is 0 Å². The van der Waals surface area contributed by atoms with Gasteiger partial charge >= 0.3 is 0 Å². The molecule has 1 saturated heterocycles. The number of halogens is 1. The smallest absolute Gasteiger partial charge is 0.0611 e. The van der Waals surface area contributed by atoms with Gasteiger partial charge in [-0.15, -0.1) is 0 Å². The molecule has 1 fully saturated rings. The van der Waals surface area contributed by atoms with Gasteiger partial charge in [-0.05, 0) is 49.3 Å². The molecule has 1 aromatic rings. The molecule has 2 unspecified atom stereocenters. The third-order valence-electron chi connectivity index (χ3n) is 3.71. The maximum atomic E-state index is 6.07. The van der Waals surface area contributed by atoms with E-state index in [1.165, 1.54) is 23.4 Å². The highest BCUT2D eigenvalue weighted by Gasteiger charge is 2.37. The van der Waals surface area contributed by atoms with E-state index in [4.69, 9.17) is 5.73 Å². The summed E-state index contributed by atoms with van der Waals surface area (Å²) >= 11 is 5.58. The minimum absolute atomic E-state index is 0.0378. The first-order valence-electron chi connectivity index (χ1n) is 6.43. The number of hydrogen-bond donors (Lipinski definition) is 2. The van der Waals surface area contributed by atoms with Gasteiger partial charge in [-0.2, -0.15) is 11.8 Å². The van der Waals surface area contributed by atoms with Crippen LogP contribution in [0, 0.1) is 6.92 Å². The van der Waals surface area contributed by atoms with E-state index >= 15 is 0 Å². The summed E-state index contributed by atoms with van der Waals surface area (Å²) < 4.78 is 1.12. The second-order valence-electron chi connectivity index (χ2n) is 5.12. The zero-order valence-corrected chi connectivity index (χ0v) is 13.4. The average Bonchev–Trinajstić information content (AvgIpc) is 2.31. The van der Waals surface area contributed by atoms with Gasteiger partial charge in [-0.3, -0.25) is 0 Å². The summed E-state index contributed by atoms with van der Waals surface area (Å²) in [6, 6.07) is 6.45. The summed E-state index contributed by atoms with van der Waals surface area (Å²) in [4.78, 5) is 0. The molecule has 1 heterocycles. The van der Waals surface area contributed by atoms with Crippen LogP contribution >= 0.6 is 27.7 Å². The third-order valence-corrected chi connectivity index (χ3v) is 5.65. The molecular formula is C14H21BrN2S. The van der Waals surface area contributed by atoms with Crippen LogP contribution in [0.1, 0.15) is 25.3 Å². The summed E-state index contributed by atoms with van der Waals surface area (Å²) in [5, 5.41) is 4.25. The SMILES string of the molecule is Cc1cc(Br)cc(NC2(CN)CCCSC2C)c1. The quantitative estimate of drug-likeness (QED) is 0.886. The predicted molar refractivity (Wildman–Crippen MR) is 85.4 cm³/mol. The molecule has 1 aliphatic rings. The normalized spacial score (nSPS) is 28.1. The molecular weight excluding hydrogens is 308 g/mol. The molecule has 1 aliphatic heterocycles. The summed E-state index contributed by atoms with van der Waals surface area (Å²) in [5.74, 6) is 1.25. The molecule has 0 bridgehead atoms. The van der Waals surface area contributed by atoms with Gasteiger partial charge in [0.15, 0.2) is 0 Å².